The third kappa shape index (κ3) is 6.29. The summed E-state index contributed by atoms with van der Waals surface area (Å²) in [5.74, 6) is 0. The fourth-order valence-corrected chi connectivity index (χ4v) is 13.9. The molecule has 1 aromatic heterocycles. The zero-order valence-corrected chi connectivity index (χ0v) is 43.2. The van der Waals surface area contributed by atoms with Crippen LogP contribution in [0.4, 0.5) is 45.5 Å². The van der Waals surface area contributed by atoms with Crippen LogP contribution in [-0.4, -0.2) is 12.3 Å². The number of fused-ring (bicyclic) bond motifs is 10. The van der Waals surface area contributed by atoms with Crippen molar-refractivity contribution in [3.63, 3.8) is 0 Å². The maximum absolute atomic E-state index is 2.88. The maximum atomic E-state index is 2.88. The highest BCUT2D eigenvalue weighted by Gasteiger charge is 2.61. The average Bonchev–Trinajstić information content (AvgIpc) is 3.76. The topological polar surface area (TPSA) is 9.72 Å². The molecule has 4 aliphatic rings. The summed E-state index contributed by atoms with van der Waals surface area (Å²) in [5, 5.41) is 2.64. The first-order chi connectivity index (χ1) is 32.2. The predicted molar refractivity (Wildman–Crippen MR) is 297 cm³/mol. The van der Waals surface area contributed by atoms with Crippen LogP contribution >= 0.6 is 11.3 Å². The van der Waals surface area contributed by atoms with E-state index in [1.54, 1.807) is 5.56 Å². The van der Waals surface area contributed by atoms with Crippen LogP contribution in [0, 0.1) is 6.92 Å². The van der Waals surface area contributed by atoms with Crippen LogP contribution in [0.2, 0.25) is 0 Å². The Morgan fingerprint density at radius 2 is 1.15 bits per heavy atom. The quantitative estimate of drug-likeness (QED) is 0.163. The molecule has 3 aliphatic heterocycles. The molecule has 7 aromatic carbocycles. The van der Waals surface area contributed by atoms with E-state index in [1.807, 2.05) is 11.3 Å². The van der Waals surface area contributed by atoms with Gasteiger partial charge in [0.25, 0.3) is 6.71 Å². The molecule has 0 N–H and O–H groups in total. The Morgan fingerprint density at radius 1 is 0.544 bits per heavy atom. The number of benzene rings is 7. The van der Waals surface area contributed by atoms with Crippen LogP contribution in [0.5, 0.6) is 0 Å². The fourth-order valence-electron chi connectivity index (χ4n) is 12.8. The number of aryl methyl sites for hydroxylation is 1. The van der Waals surface area contributed by atoms with Crippen molar-refractivity contribution in [1.82, 2.24) is 0 Å². The number of thiophene rings is 1. The Kier molecular flexibility index (Phi) is 9.36. The van der Waals surface area contributed by atoms with E-state index in [0.717, 1.165) is 17.1 Å². The third-order valence-electron chi connectivity index (χ3n) is 16.9. The standard InChI is InChI=1S/C63H66BN3S/c1-39-33-53-57-54(34-39)67-58-49(62(11)31-15-16-32-63(62,67)12)35-42(61(8,9)10)36-51(58)64(57)50-29-27-46(38-52(50)66(53)45-28-30-56-48(37-45)47-17-13-14-18-55(47)68-56)65(43-23-19-40(20-24-43)59(2,3)4)44-25-21-41(22-26-44)60(5,6)7/h13-14,17-30,33-38H,15-16,31-32H2,1-12H3. The van der Waals surface area contributed by atoms with Gasteiger partial charge in [-0.1, -0.05) is 143 Å². The number of hydrogen-bond acceptors (Lipinski definition) is 4. The minimum absolute atomic E-state index is 0.00551. The van der Waals surface area contributed by atoms with E-state index in [4.69, 9.17) is 0 Å². The highest BCUT2D eigenvalue weighted by molar-refractivity contribution is 7.25. The Balaban J connectivity index is 1.16. The molecule has 1 aliphatic carbocycles. The molecule has 0 radical (unpaired) electrons. The van der Waals surface area contributed by atoms with E-state index in [0.29, 0.717) is 0 Å². The molecule has 68 heavy (non-hydrogen) atoms. The zero-order valence-electron chi connectivity index (χ0n) is 42.4. The molecule has 5 heteroatoms. The van der Waals surface area contributed by atoms with Crippen LogP contribution in [0.1, 0.15) is 130 Å². The number of rotatable bonds is 4. The molecule has 4 heterocycles. The Labute approximate surface area is 409 Å². The molecule has 1 saturated carbocycles. The summed E-state index contributed by atoms with van der Waals surface area (Å²) in [6.07, 6.45) is 4.93. The van der Waals surface area contributed by atoms with Crippen molar-refractivity contribution >= 4 is 100 Å². The van der Waals surface area contributed by atoms with Gasteiger partial charge in [0, 0.05) is 71.1 Å². The smallest absolute Gasteiger partial charge is 0.252 e. The van der Waals surface area contributed by atoms with Gasteiger partial charge in [-0.15, -0.1) is 11.3 Å². The summed E-state index contributed by atoms with van der Waals surface area (Å²) in [6, 6.07) is 52.5. The normalized spacial score (nSPS) is 19.6. The van der Waals surface area contributed by atoms with Crippen molar-refractivity contribution < 1.29 is 0 Å². The monoisotopic (exact) mass is 908 g/mol. The number of hydrogen-bond donors (Lipinski definition) is 0. The van der Waals surface area contributed by atoms with E-state index in [2.05, 4.69) is 231 Å². The molecular weight excluding hydrogens is 842 g/mol. The predicted octanol–water partition coefficient (Wildman–Crippen LogP) is 16.1. The van der Waals surface area contributed by atoms with Gasteiger partial charge < -0.3 is 14.7 Å². The minimum Gasteiger partial charge on any atom is -0.335 e. The lowest BCUT2D eigenvalue weighted by molar-refractivity contribution is 0.195. The second-order valence-corrected chi connectivity index (χ2v) is 25.4. The van der Waals surface area contributed by atoms with Gasteiger partial charge in [-0.3, -0.25) is 0 Å². The van der Waals surface area contributed by atoms with Crippen LogP contribution in [0.15, 0.2) is 133 Å². The molecule has 8 aromatic rings. The summed E-state index contributed by atoms with van der Waals surface area (Å²) in [6.45, 7) is 28.6. The summed E-state index contributed by atoms with van der Waals surface area (Å²) in [4.78, 5) is 8.01. The summed E-state index contributed by atoms with van der Waals surface area (Å²) < 4.78 is 2.66. The van der Waals surface area contributed by atoms with Gasteiger partial charge in [-0.25, -0.2) is 0 Å². The molecule has 2 unspecified atom stereocenters. The summed E-state index contributed by atoms with van der Waals surface area (Å²) in [5.41, 5.74) is 21.4. The van der Waals surface area contributed by atoms with Gasteiger partial charge in [0.15, 0.2) is 0 Å². The van der Waals surface area contributed by atoms with Crippen LogP contribution in [0.3, 0.4) is 0 Å². The van der Waals surface area contributed by atoms with Crippen LogP contribution < -0.4 is 31.1 Å². The molecule has 3 nitrogen and oxygen atoms in total. The van der Waals surface area contributed by atoms with Crippen molar-refractivity contribution in [2.24, 2.45) is 0 Å². The van der Waals surface area contributed by atoms with E-state index < -0.39 is 0 Å². The Hall–Kier alpha value is -5.78. The van der Waals surface area contributed by atoms with Gasteiger partial charge >= 0.3 is 0 Å². The van der Waals surface area contributed by atoms with Gasteiger partial charge in [0.05, 0.1) is 5.54 Å². The van der Waals surface area contributed by atoms with E-state index in [-0.39, 0.29) is 33.9 Å². The zero-order chi connectivity index (χ0) is 47.4. The molecule has 0 amide bonds. The van der Waals surface area contributed by atoms with Crippen molar-refractivity contribution in [2.75, 3.05) is 14.7 Å². The lowest BCUT2D eigenvalue weighted by Gasteiger charge is -2.53. The lowest BCUT2D eigenvalue weighted by atomic mass is 9.33. The second kappa shape index (κ2) is 14.6. The second-order valence-electron chi connectivity index (χ2n) is 24.3. The van der Waals surface area contributed by atoms with Crippen molar-refractivity contribution in [3.05, 3.63) is 161 Å². The van der Waals surface area contributed by atoms with Gasteiger partial charge in [-0.05, 0) is 160 Å². The van der Waals surface area contributed by atoms with E-state index in [1.165, 1.54) is 113 Å². The molecule has 0 spiro atoms. The van der Waals surface area contributed by atoms with Crippen molar-refractivity contribution in [2.45, 2.75) is 136 Å². The first-order valence-corrected chi connectivity index (χ1v) is 26.1. The van der Waals surface area contributed by atoms with Gasteiger partial charge in [0.2, 0.25) is 0 Å². The molecular formula is C63H66BN3S. The highest BCUT2D eigenvalue weighted by atomic mass is 32.1. The SMILES string of the molecule is Cc1cc2c3c(c1)N1c4c(cc(C(C)(C)C)cc4C4(C)CCCCC14C)B3c1ccc(N(c3ccc(C(C)(C)C)cc3)c3ccc(C(C)(C)C)cc3)cc1N2c1ccc2sc3ccccc3c2c1. The molecule has 2 atom stereocenters. The van der Waals surface area contributed by atoms with Gasteiger partial charge in [0.1, 0.15) is 0 Å². The Bertz CT molecular complexity index is 3300. The van der Waals surface area contributed by atoms with Crippen LogP contribution in [0.25, 0.3) is 20.2 Å². The van der Waals surface area contributed by atoms with Crippen molar-refractivity contribution in [1.29, 1.82) is 0 Å². The van der Waals surface area contributed by atoms with E-state index >= 15 is 0 Å². The molecule has 0 bridgehead atoms. The first-order valence-electron chi connectivity index (χ1n) is 25.2. The highest BCUT2D eigenvalue weighted by Crippen LogP contribution is 2.62. The first kappa shape index (κ1) is 43.5. The van der Waals surface area contributed by atoms with E-state index in [9.17, 15) is 0 Å². The van der Waals surface area contributed by atoms with Crippen molar-refractivity contribution in [3.8, 4) is 0 Å². The van der Waals surface area contributed by atoms with Gasteiger partial charge in [-0.2, -0.15) is 0 Å². The largest absolute Gasteiger partial charge is 0.335 e. The molecule has 342 valence electrons. The maximum Gasteiger partial charge on any atom is 0.252 e. The molecule has 0 saturated heterocycles. The average molecular weight is 908 g/mol. The third-order valence-corrected chi connectivity index (χ3v) is 18.0. The molecule has 12 rings (SSSR count). The lowest BCUT2D eigenvalue weighted by Crippen LogP contribution is -2.64. The number of anilines is 8. The minimum atomic E-state index is -0.0412. The van der Waals surface area contributed by atoms with Crippen LogP contribution in [-0.2, 0) is 21.7 Å². The fraction of sp³-hybridized carbons (Fsp3) is 0.333. The molecule has 1 fully saturated rings. The summed E-state index contributed by atoms with van der Waals surface area (Å²) >= 11 is 1.89. The summed E-state index contributed by atoms with van der Waals surface area (Å²) in [7, 11) is 0. The number of nitrogens with zero attached hydrogens (tertiary/aromatic N) is 3. The Morgan fingerprint density at radius 3 is 1.81 bits per heavy atom.